The van der Waals surface area contributed by atoms with Crippen LogP contribution in [0.5, 0.6) is 0 Å². The maximum atomic E-state index is 12.4. The molecule has 0 spiro atoms. The Morgan fingerprint density at radius 2 is 1.87 bits per heavy atom. The highest BCUT2D eigenvalue weighted by atomic mass is 32.2. The Kier molecular flexibility index (Phi) is 7.53. The van der Waals surface area contributed by atoms with Gasteiger partial charge in [0.05, 0.1) is 0 Å². The summed E-state index contributed by atoms with van der Waals surface area (Å²) in [5.41, 5.74) is 1.42. The lowest BCUT2D eigenvalue weighted by Crippen LogP contribution is -2.43. The lowest BCUT2D eigenvalue weighted by Gasteiger charge is -2.22. The molecule has 2 aliphatic heterocycles. The van der Waals surface area contributed by atoms with Crippen LogP contribution >= 0.6 is 0 Å². The van der Waals surface area contributed by atoms with E-state index in [1.54, 1.807) is 4.31 Å². The molecule has 0 radical (unpaired) electrons. The Morgan fingerprint density at radius 1 is 1.17 bits per heavy atom. The van der Waals surface area contributed by atoms with Crippen LogP contribution in [0.25, 0.3) is 0 Å². The normalized spacial score (nSPS) is 25.7. The maximum Gasteiger partial charge on any atom is 0.279 e. The third-order valence-electron chi connectivity index (χ3n) is 4.85. The summed E-state index contributed by atoms with van der Waals surface area (Å²) >= 11 is 0. The van der Waals surface area contributed by atoms with E-state index in [0.29, 0.717) is 25.6 Å². The second kappa shape index (κ2) is 9.16. The fourth-order valence-electron chi connectivity index (χ4n) is 3.59. The van der Waals surface area contributed by atoms with Crippen LogP contribution in [0.2, 0.25) is 0 Å². The zero-order chi connectivity index (χ0) is 16.7. The van der Waals surface area contributed by atoms with E-state index in [0.717, 1.165) is 58.2 Å². The molecule has 0 aromatic heterocycles. The van der Waals surface area contributed by atoms with Gasteiger partial charge in [0.1, 0.15) is 0 Å². The molecule has 6 heteroatoms. The van der Waals surface area contributed by atoms with Gasteiger partial charge < -0.3 is 0 Å². The van der Waals surface area contributed by atoms with Gasteiger partial charge in [-0.25, -0.2) is 4.72 Å². The molecule has 23 heavy (non-hydrogen) atoms. The van der Waals surface area contributed by atoms with Crippen LogP contribution < -0.4 is 4.72 Å². The standard InChI is InChI=1S/C17H33N3O2S/c1-3-8-16(2)14-19-12-9-17(15-19)13-18-23(21,22)20-10-6-4-5-7-11-20/h8,17-18H,3-7,9-15H2,1-2H3/b16-8+/t17-/m1/s1. The summed E-state index contributed by atoms with van der Waals surface area (Å²) in [5.74, 6) is 0.436. The average Bonchev–Trinajstić information content (AvgIpc) is 2.76. The quantitative estimate of drug-likeness (QED) is 0.722. The molecule has 134 valence electrons. The van der Waals surface area contributed by atoms with E-state index in [1.807, 2.05) is 0 Å². The van der Waals surface area contributed by atoms with Crippen molar-refractivity contribution in [2.45, 2.75) is 52.4 Å². The van der Waals surface area contributed by atoms with Crippen molar-refractivity contribution in [2.75, 3.05) is 39.3 Å². The van der Waals surface area contributed by atoms with Gasteiger partial charge in [0.15, 0.2) is 0 Å². The Labute approximate surface area is 142 Å². The van der Waals surface area contributed by atoms with E-state index >= 15 is 0 Å². The Hall–Kier alpha value is -0.430. The molecule has 0 aromatic rings. The largest absolute Gasteiger partial charge is 0.299 e. The van der Waals surface area contributed by atoms with Crippen molar-refractivity contribution in [2.24, 2.45) is 5.92 Å². The van der Waals surface area contributed by atoms with E-state index < -0.39 is 10.2 Å². The number of rotatable bonds is 7. The van der Waals surface area contributed by atoms with E-state index in [9.17, 15) is 8.42 Å². The summed E-state index contributed by atoms with van der Waals surface area (Å²) < 4.78 is 29.4. The molecule has 2 aliphatic rings. The summed E-state index contributed by atoms with van der Waals surface area (Å²) in [6.07, 6.45) is 8.71. The summed E-state index contributed by atoms with van der Waals surface area (Å²) in [6, 6.07) is 0. The fourth-order valence-corrected chi connectivity index (χ4v) is 4.95. The van der Waals surface area contributed by atoms with Crippen LogP contribution in [0.3, 0.4) is 0 Å². The number of likely N-dealkylation sites (tertiary alicyclic amines) is 1. The predicted octanol–water partition coefficient (Wildman–Crippen LogP) is 2.38. The minimum absolute atomic E-state index is 0.436. The van der Waals surface area contributed by atoms with Gasteiger partial charge in [-0.3, -0.25) is 4.90 Å². The second-order valence-electron chi connectivity index (χ2n) is 7.02. The SMILES string of the molecule is CC/C=C(\C)CN1CC[C@H](CNS(=O)(=O)N2CCCCCC2)C1. The van der Waals surface area contributed by atoms with Crippen molar-refractivity contribution < 1.29 is 8.42 Å². The van der Waals surface area contributed by atoms with Crippen molar-refractivity contribution in [3.8, 4) is 0 Å². The monoisotopic (exact) mass is 343 g/mol. The zero-order valence-corrected chi connectivity index (χ0v) is 15.6. The van der Waals surface area contributed by atoms with Gasteiger partial charge in [-0.05, 0) is 45.1 Å². The van der Waals surface area contributed by atoms with Gasteiger partial charge in [0, 0.05) is 32.7 Å². The van der Waals surface area contributed by atoms with Crippen molar-refractivity contribution in [1.82, 2.24) is 13.9 Å². The number of hydrogen-bond donors (Lipinski definition) is 1. The third-order valence-corrected chi connectivity index (χ3v) is 6.43. The smallest absolute Gasteiger partial charge is 0.279 e. The number of nitrogens with zero attached hydrogens (tertiary/aromatic N) is 2. The van der Waals surface area contributed by atoms with Gasteiger partial charge in [-0.2, -0.15) is 12.7 Å². The predicted molar refractivity (Wildman–Crippen MR) is 95.6 cm³/mol. The van der Waals surface area contributed by atoms with Crippen LogP contribution in [0.15, 0.2) is 11.6 Å². The second-order valence-corrected chi connectivity index (χ2v) is 8.77. The molecule has 5 nitrogen and oxygen atoms in total. The molecule has 0 amide bonds. The topological polar surface area (TPSA) is 52.7 Å². The first-order chi connectivity index (χ1) is 11.0. The highest BCUT2D eigenvalue weighted by molar-refractivity contribution is 7.87. The van der Waals surface area contributed by atoms with Crippen molar-refractivity contribution in [3.05, 3.63) is 11.6 Å². The zero-order valence-electron chi connectivity index (χ0n) is 14.8. The van der Waals surface area contributed by atoms with Gasteiger partial charge >= 0.3 is 0 Å². The first kappa shape index (κ1) is 18.9. The molecule has 0 aliphatic carbocycles. The van der Waals surface area contributed by atoms with E-state index in [-0.39, 0.29) is 0 Å². The fraction of sp³-hybridized carbons (Fsp3) is 0.882. The first-order valence-corrected chi connectivity index (χ1v) is 10.6. The van der Waals surface area contributed by atoms with Crippen LogP contribution in [-0.4, -0.2) is 56.9 Å². The molecule has 1 N–H and O–H groups in total. The molecule has 1 atom stereocenters. The van der Waals surface area contributed by atoms with Gasteiger partial charge in [0.2, 0.25) is 0 Å². The molecule has 0 aromatic carbocycles. The van der Waals surface area contributed by atoms with Crippen LogP contribution in [0.4, 0.5) is 0 Å². The lowest BCUT2D eigenvalue weighted by atomic mass is 10.1. The van der Waals surface area contributed by atoms with Gasteiger partial charge in [-0.15, -0.1) is 0 Å². The molecule has 0 saturated carbocycles. The van der Waals surface area contributed by atoms with Crippen molar-refractivity contribution in [1.29, 1.82) is 0 Å². The first-order valence-electron chi connectivity index (χ1n) is 9.14. The van der Waals surface area contributed by atoms with Gasteiger partial charge in [0.25, 0.3) is 10.2 Å². The van der Waals surface area contributed by atoms with E-state index in [1.165, 1.54) is 5.57 Å². The summed E-state index contributed by atoms with van der Waals surface area (Å²) in [7, 11) is -3.29. The number of hydrogen-bond acceptors (Lipinski definition) is 3. The Bertz CT molecular complexity index is 482. The third kappa shape index (κ3) is 6.18. The summed E-state index contributed by atoms with van der Waals surface area (Å²) in [5, 5.41) is 0. The molecule has 2 fully saturated rings. The minimum Gasteiger partial charge on any atom is -0.299 e. The Balaban J connectivity index is 1.76. The molecule has 0 bridgehead atoms. The average molecular weight is 344 g/mol. The van der Waals surface area contributed by atoms with E-state index in [2.05, 4.69) is 29.5 Å². The molecular formula is C17H33N3O2S. The summed E-state index contributed by atoms with van der Waals surface area (Å²) in [4.78, 5) is 2.44. The Morgan fingerprint density at radius 3 is 2.52 bits per heavy atom. The van der Waals surface area contributed by atoms with Gasteiger partial charge in [-0.1, -0.05) is 31.4 Å². The minimum atomic E-state index is -3.29. The summed E-state index contributed by atoms with van der Waals surface area (Å²) in [6.45, 7) is 9.35. The van der Waals surface area contributed by atoms with Crippen LogP contribution in [0.1, 0.15) is 52.4 Å². The molecular weight excluding hydrogens is 310 g/mol. The number of nitrogens with one attached hydrogen (secondary N) is 1. The molecule has 0 unspecified atom stereocenters. The highest BCUT2D eigenvalue weighted by Gasteiger charge is 2.27. The van der Waals surface area contributed by atoms with E-state index in [4.69, 9.17) is 0 Å². The van der Waals surface area contributed by atoms with Crippen LogP contribution in [0, 0.1) is 5.92 Å². The highest BCUT2D eigenvalue weighted by Crippen LogP contribution is 2.18. The number of allylic oxidation sites excluding steroid dienone is 1. The lowest BCUT2D eigenvalue weighted by molar-refractivity contribution is 0.349. The molecule has 2 rings (SSSR count). The molecule has 2 heterocycles. The van der Waals surface area contributed by atoms with Crippen molar-refractivity contribution in [3.63, 3.8) is 0 Å². The molecule has 2 saturated heterocycles. The van der Waals surface area contributed by atoms with Crippen LogP contribution in [-0.2, 0) is 10.2 Å². The van der Waals surface area contributed by atoms with Crippen molar-refractivity contribution >= 4 is 10.2 Å². The maximum absolute atomic E-state index is 12.4.